The Balaban J connectivity index is 2.31. The minimum absolute atomic E-state index is 0.143. The summed E-state index contributed by atoms with van der Waals surface area (Å²) in [5.41, 5.74) is -0.474. The van der Waals surface area contributed by atoms with Crippen LogP contribution < -0.4 is 5.32 Å². The molecule has 1 saturated heterocycles. The molecule has 0 bridgehead atoms. The van der Waals surface area contributed by atoms with E-state index in [1.165, 1.54) is 11.8 Å². The van der Waals surface area contributed by atoms with Gasteiger partial charge in [0.25, 0.3) is 0 Å². The zero-order valence-corrected chi connectivity index (χ0v) is 10.6. The number of nitrogens with one attached hydrogen (secondary N) is 1. The largest absolute Gasteiger partial charge is 0.295 e. The predicted molar refractivity (Wildman–Crippen MR) is 64.5 cm³/mol. The van der Waals surface area contributed by atoms with Crippen molar-refractivity contribution in [1.29, 1.82) is 0 Å². The maximum Gasteiger partial charge on any atom is 0.243 e. The fourth-order valence-electron chi connectivity index (χ4n) is 2.31. The molecule has 2 aliphatic rings. The SMILES string of the molecule is CC1=NCCC2(CC(C)(C)C(=O)NC2=O)S1. The molecule has 1 atom stereocenters. The number of rotatable bonds is 0. The van der Waals surface area contributed by atoms with Crippen molar-refractivity contribution in [1.82, 2.24) is 5.32 Å². The van der Waals surface area contributed by atoms with Gasteiger partial charge in [0.1, 0.15) is 4.75 Å². The lowest BCUT2D eigenvalue weighted by Gasteiger charge is -2.43. The molecule has 1 unspecified atom stereocenters. The smallest absolute Gasteiger partial charge is 0.243 e. The predicted octanol–water partition coefficient (Wildman–Crippen LogP) is 1.35. The van der Waals surface area contributed by atoms with Gasteiger partial charge in [-0.25, -0.2) is 0 Å². The van der Waals surface area contributed by atoms with E-state index in [1.807, 2.05) is 20.8 Å². The lowest BCUT2D eigenvalue weighted by Crippen LogP contribution is -2.59. The summed E-state index contributed by atoms with van der Waals surface area (Å²) in [6.45, 7) is 6.37. The summed E-state index contributed by atoms with van der Waals surface area (Å²) >= 11 is 1.51. The van der Waals surface area contributed by atoms with Crippen molar-refractivity contribution in [3.63, 3.8) is 0 Å². The standard InChI is InChI=1S/C11H16N2O2S/c1-7-12-5-4-11(16-7)6-10(2,3)8(14)13-9(11)15/h4-6H2,1-3H3,(H,13,14,15). The van der Waals surface area contributed by atoms with Crippen LogP contribution in [0.5, 0.6) is 0 Å². The summed E-state index contributed by atoms with van der Waals surface area (Å²) in [4.78, 5) is 28.0. The molecule has 0 aromatic rings. The van der Waals surface area contributed by atoms with E-state index in [9.17, 15) is 9.59 Å². The Hall–Kier alpha value is -0.840. The second-order valence-corrected chi connectivity index (χ2v) is 6.67. The van der Waals surface area contributed by atoms with Crippen molar-refractivity contribution >= 4 is 28.6 Å². The Labute approximate surface area is 99.3 Å². The summed E-state index contributed by atoms with van der Waals surface area (Å²) in [6.07, 6.45) is 1.32. The highest BCUT2D eigenvalue weighted by atomic mass is 32.2. The molecule has 5 heteroatoms. The molecule has 2 rings (SSSR count). The molecule has 2 heterocycles. The average molecular weight is 240 g/mol. The number of hydrogen-bond acceptors (Lipinski definition) is 4. The molecular formula is C11H16N2O2S. The van der Waals surface area contributed by atoms with E-state index in [4.69, 9.17) is 0 Å². The van der Waals surface area contributed by atoms with Crippen LogP contribution in [0.3, 0.4) is 0 Å². The van der Waals surface area contributed by atoms with E-state index >= 15 is 0 Å². The molecule has 0 aromatic carbocycles. The minimum Gasteiger partial charge on any atom is -0.295 e. The topological polar surface area (TPSA) is 58.5 Å². The number of piperidine rings is 1. The van der Waals surface area contributed by atoms with Crippen LogP contribution in [-0.2, 0) is 9.59 Å². The molecular weight excluding hydrogens is 224 g/mol. The number of aliphatic imine (C=N–C) groups is 1. The van der Waals surface area contributed by atoms with Crippen LogP contribution in [0.4, 0.5) is 0 Å². The highest BCUT2D eigenvalue weighted by Gasteiger charge is 2.52. The monoisotopic (exact) mass is 240 g/mol. The molecule has 1 spiro atoms. The van der Waals surface area contributed by atoms with E-state index in [2.05, 4.69) is 10.3 Å². The summed E-state index contributed by atoms with van der Waals surface area (Å²) in [5, 5.41) is 3.43. The zero-order chi connectivity index (χ0) is 12.0. The molecule has 2 amide bonds. The molecule has 88 valence electrons. The van der Waals surface area contributed by atoms with Gasteiger partial charge >= 0.3 is 0 Å². The molecule has 1 N–H and O–H groups in total. The molecule has 0 aromatic heterocycles. The Kier molecular flexibility index (Phi) is 2.61. The quantitative estimate of drug-likeness (QED) is 0.650. The Bertz CT molecular complexity index is 389. The Morgan fingerprint density at radius 2 is 2.00 bits per heavy atom. The molecule has 0 saturated carbocycles. The fraction of sp³-hybridized carbons (Fsp3) is 0.727. The summed E-state index contributed by atoms with van der Waals surface area (Å²) in [7, 11) is 0. The number of imide groups is 1. The van der Waals surface area contributed by atoms with Crippen molar-refractivity contribution in [2.24, 2.45) is 10.4 Å². The van der Waals surface area contributed by atoms with Gasteiger partial charge < -0.3 is 0 Å². The van der Waals surface area contributed by atoms with Gasteiger partial charge in [0.2, 0.25) is 11.8 Å². The van der Waals surface area contributed by atoms with E-state index in [0.29, 0.717) is 13.0 Å². The lowest BCUT2D eigenvalue weighted by atomic mass is 9.76. The van der Waals surface area contributed by atoms with Gasteiger partial charge in [-0.15, -0.1) is 0 Å². The van der Waals surface area contributed by atoms with E-state index < -0.39 is 10.2 Å². The first kappa shape index (κ1) is 11.6. The summed E-state index contributed by atoms with van der Waals surface area (Å²) in [6, 6.07) is 0. The maximum absolute atomic E-state index is 12.0. The van der Waals surface area contributed by atoms with Gasteiger partial charge in [0, 0.05) is 12.0 Å². The van der Waals surface area contributed by atoms with E-state index in [1.54, 1.807) is 0 Å². The first-order valence-corrected chi connectivity index (χ1v) is 6.23. The van der Waals surface area contributed by atoms with Crippen molar-refractivity contribution < 1.29 is 9.59 Å². The highest BCUT2D eigenvalue weighted by Crippen LogP contribution is 2.45. The van der Waals surface area contributed by atoms with Crippen molar-refractivity contribution in [3.05, 3.63) is 0 Å². The van der Waals surface area contributed by atoms with Crippen molar-refractivity contribution in [2.75, 3.05) is 6.54 Å². The number of carbonyl (C=O) groups is 2. The molecule has 1 fully saturated rings. The number of amides is 2. The normalized spacial score (nSPS) is 33.6. The second kappa shape index (κ2) is 3.58. The molecule has 2 aliphatic heterocycles. The first-order valence-electron chi connectivity index (χ1n) is 5.42. The minimum atomic E-state index is -0.483. The van der Waals surface area contributed by atoms with E-state index in [-0.39, 0.29) is 11.8 Å². The number of thioether (sulfide) groups is 1. The molecule has 0 aliphatic carbocycles. The van der Waals surface area contributed by atoms with Gasteiger partial charge in [0.05, 0.1) is 5.04 Å². The molecule has 0 radical (unpaired) electrons. The van der Waals surface area contributed by atoms with Crippen LogP contribution in [0.1, 0.15) is 33.6 Å². The van der Waals surface area contributed by atoms with Crippen LogP contribution in [0, 0.1) is 5.41 Å². The highest BCUT2D eigenvalue weighted by molar-refractivity contribution is 8.15. The Morgan fingerprint density at radius 1 is 1.31 bits per heavy atom. The summed E-state index contributed by atoms with van der Waals surface area (Å²) in [5.74, 6) is -0.306. The van der Waals surface area contributed by atoms with Crippen LogP contribution in [0.15, 0.2) is 4.99 Å². The van der Waals surface area contributed by atoms with Crippen LogP contribution in [0.25, 0.3) is 0 Å². The Morgan fingerprint density at radius 3 is 2.62 bits per heavy atom. The number of carbonyl (C=O) groups excluding carboxylic acids is 2. The van der Waals surface area contributed by atoms with Crippen LogP contribution in [0.2, 0.25) is 0 Å². The molecule has 4 nitrogen and oxygen atoms in total. The van der Waals surface area contributed by atoms with Gasteiger partial charge in [-0.1, -0.05) is 25.6 Å². The van der Waals surface area contributed by atoms with Crippen LogP contribution in [-0.4, -0.2) is 28.1 Å². The number of nitrogens with zero attached hydrogens (tertiary/aromatic N) is 1. The first-order chi connectivity index (χ1) is 7.36. The second-order valence-electron chi connectivity index (χ2n) is 5.09. The molecule has 16 heavy (non-hydrogen) atoms. The third-order valence-corrected chi connectivity index (χ3v) is 4.53. The maximum atomic E-state index is 12.0. The van der Waals surface area contributed by atoms with Crippen molar-refractivity contribution in [2.45, 2.75) is 38.4 Å². The van der Waals surface area contributed by atoms with Crippen molar-refractivity contribution in [3.8, 4) is 0 Å². The fourth-order valence-corrected chi connectivity index (χ4v) is 3.80. The summed E-state index contributed by atoms with van der Waals surface area (Å²) < 4.78 is -0.483. The van der Waals surface area contributed by atoms with Gasteiger partial charge in [-0.05, 0) is 19.8 Å². The van der Waals surface area contributed by atoms with E-state index in [0.717, 1.165) is 11.5 Å². The third-order valence-electron chi connectivity index (χ3n) is 3.18. The third kappa shape index (κ3) is 1.77. The van der Waals surface area contributed by atoms with Gasteiger partial charge in [0.15, 0.2) is 0 Å². The van der Waals surface area contributed by atoms with Crippen LogP contribution >= 0.6 is 11.8 Å². The number of hydrogen-bond donors (Lipinski definition) is 1. The van der Waals surface area contributed by atoms with Gasteiger partial charge in [-0.2, -0.15) is 0 Å². The van der Waals surface area contributed by atoms with Gasteiger partial charge in [-0.3, -0.25) is 19.9 Å². The zero-order valence-electron chi connectivity index (χ0n) is 9.79. The average Bonchev–Trinajstić information content (AvgIpc) is 2.14. The lowest BCUT2D eigenvalue weighted by molar-refractivity contribution is -0.142.